The van der Waals surface area contributed by atoms with Crippen molar-refractivity contribution in [3.05, 3.63) is 0 Å². The van der Waals surface area contributed by atoms with Gasteiger partial charge < -0.3 is 15.6 Å². The minimum Gasteiger partial charge on any atom is -0.466 e. The number of carbonyl (C=O) groups excluding carboxylic acids is 2. The molecule has 5 nitrogen and oxygen atoms in total. The van der Waals surface area contributed by atoms with Crippen LogP contribution in [0, 0.1) is 23.2 Å². The van der Waals surface area contributed by atoms with Crippen molar-refractivity contribution in [1.29, 1.82) is 0 Å². The van der Waals surface area contributed by atoms with Crippen molar-refractivity contribution in [3.8, 4) is 0 Å². The molecule has 1 amide bonds. The third kappa shape index (κ3) is 2.43. The molecule has 0 aromatic rings. The molecule has 4 aliphatic rings. The largest absolute Gasteiger partial charge is 0.466 e. The summed E-state index contributed by atoms with van der Waals surface area (Å²) in [6.45, 7) is 2.06. The molecule has 1 unspecified atom stereocenters. The Morgan fingerprint density at radius 3 is 2.09 bits per heavy atom. The molecule has 4 bridgehead atoms. The Morgan fingerprint density at radius 2 is 1.68 bits per heavy atom. The van der Waals surface area contributed by atoms with Crippen molar-refractivity contribution >= 4 is 11.9 Å². The summed E-state index contributed by atoms with van der Waals surface area (Å²) in [5.74, 6) is 0.796. The molecule has 0 radical (unpaired) electrons. The Kier molecular flexibility index (Phi) is 3.96. The van der Waals surface area contributed by atoms with E-state index in [1.165, 1.54) is 19.3 Å². The van der Waals surface area contributed by atoms with Gasteiger partial charge in [0.1, 0.15) is 5.60 Å². The first-order valence-electron chi connectivity index (χ1n) is 8.56. The number of primary amides is 1. The van der Waals surface area contributed by atoms with Crippen molar-refractivity contribution < 1.29 is 19.4 Å². The van der Waals surface area contributed by atoms with Gasteiger partial charge in [-0.25, -0.2) is 0 Å². The average Bonchev–Trinajstić information content (AvgIpc) is 2.43. The number of nitrogens with two attached hydrogens (primary N) is 1. The molecule has 1 atom stereocenters. The van der Waals surface area contributed by atoms with E-state index < -0.39 is 16.9 Å². The highest BCUT2D eigenvalue weighted by Crippen LogP contribution is 2.64. The van der Waals surface area contributed by atoms with Gasteiger partial charge in [-0.2, -0.15) is 0 Å². The van der Waals surface area contributed by atoms with Crippen LogP contribution in [0.1, 0.15) is 58.3 Å². The number of aliphatic hydroxyl groups is 1. The van der Waals surface area contributed by atoms with Crippen LogP contribution in [-0.4, -0.2) is 29.2 Å². The van der Waals surface area contributed by atoms with Gasteiger partial charge in [-0.05, 0) is 69.6 Å². The number of rotatable bonds is 6. The highest BCUT2D eigenvalue weighted by atomic mass is 16.5. The molecule has 0 heterocycles. The van der Waals surface area contributed by atoms with Gasteiger partial charge in [0.15, 0.2) is 0 Å². The van der Waals surface area contributed by atoms with Crippen molar-refractivity contribution in [2.24, 2.45) is 28.9 Å². The van der Waals surface area contributed by atoms with Crippen molar-refractivity contribution in [2.75, 3.05) is 6.61 Å². The predicted octanol–water partition coefficient (Wildman–Crippen LogP) is 1.76. The molecule has 0 aliphatic heterocycles. The van der Waals surface area contributed by atoms with Crippen LogP contribution in [0.4, 0.5) is 0 Å². The van der Waals surface area contributed by atoms with Crippen molar-refractivity contribution in [1.82, 2.24) is 0 Å². The van der Waals surface area contributed by atoms with E-state index in [0.29, 0.717) is 24.4 Å². The highest BCUT2D eigenvalue weighted by Gasteiger charge is 2.62. The maximum atomic E-state index is 12.1. The molecule has 4 fully saturated rings. The number of hydrogen-bond donors (Lipinski definition) is 2. The van der Waals surface area contributed by atoms with Gasteiger partial charge in [-0.1, -0.05) is 0 Å². The van der Waals surface area contributed by atoms with Crippen molar-refractivity contribution in [2.45, 2.75) is 63.9 Å². The number of ether oxygens (including phenoxy) is 1. The molecule has 0 aromatic heterocycles. The van der Waals surface area contributed by atoms with E-state index in [2.05, 4.69) is 0 Å². The fourth-order valence-corrected chi connectivity index (χ4v) is 5.78. The van der Waals surface area contributed by atoms with Gasteiger partial charge in [0, 0.05) is 11.8 Å². The standard InChI is InChI=1S/C17H27NO4/c1-2-22-14(19)3-4-17(21,15(18)20)16-8-11-5-12(9-16)7-13(6-11)10-16/h11-13,21H,2-10H2,1H3,(H2,18,20). The third-order valence-electron chi connectivity index (χ3n) is 6.32. The van der Waals surface area contributed by atoms with Crippen LogP contribution in [0.25, 0.3) is 0 Å². The number of hydrogen-bond acceptors (Lipinski definition) is 4. The maximum absolute atomic E-state index is 12.1. The van der Waals surface area contributed by atoms with Crippen LogP contribution in [0.15, 0.2) is 0 Å². The maximum Gasteiger partial charge on any atom is 0.305 e. The first kappa shape index (κ1) is 15.8. The number of esters is 1. The first-order chi connectivity index (χ1) is 10.4. The van der Waals surface area contributed by atoms with E-state index in [1.807, 2.05) is 0 Å². The Hall–Kier alpha value is -1.10. The second kappa shape index (κ2) is 5.52. The summed E-state index contributed by atoms with van der Waals surface area (Å²) in [4.78, 5) is 23.8. The van der Waals surface area contributed by atoms with Gasteiger partial charge in [0.2, 0.25) is 5.91 Å². The van der Waals surface area contributed by atoms with E-state index in [4.69, 9.17) is 10.5 Å². The molecule has 0 aromatic carbocycles. The zero-order chi connectivity index (χ0) is 16.0. The van der Waals surface area contributed by atoms with Crippen LogP contribution < -0.4 is 5.73 Å². The van der Waals surface area contributed by atoms with E-state index in [9.17, 15) is 14.7 Å². The normalized spacial score (nSPS) is 38.5. The molecule has 4 saturated carbocycles. The lowest BCUT2D eigenvalue weighted by Crippen LogP contribution is -2.63. The van der Waals surface area contributed by atoms with Crippen LogP contribution in [-0.2, 0) is 14.3 Å². The second-order valence-electron chi connectivity index (χ2n) is 7.73. The molecule has 0 spiro atoms. The molecule has 4 aliphatic carbocycles. The lowest BCUT2D eigenvalue weighted by molar-refractivity contribution is -0.191. The molecule has 4 rings (SSSR count). The predicted molar refractivity (Wildman–Crippen MR) is 80.6 cm³/mol. The van der Waals surface area contributed by atoms with Gasteiger partial charge >= 0.3 is 5.97 Å². The molecule has 0 saturated heterocycles. The molecular weight excluding hydrogens is 282 g/mol. The molecule has 124 valence electrons. The van der Waals surface area contributed by atoms with E-state index in [1.54, 1.807) is 6.92 Å². The topological polar surface area (TPSA) is 89.6 Å². The first-order valence-corrected chi connectivity index (χ1v) is 8.56. The van der Waals surface area contributed by atoms with Crippen molar-refractivity contribution in [3.63, 3.8) is 0 Å². The Morgan fingerprint density at radius 1 is 1.18 bits per heavy atom. The van der Waals surface area contributed by atoms with Crippen LogP contribution >= 0.6 is 0 Å². The fraction of sp³-hybridized carbons (Fsp3) is 0.882. The van der Waals surface area contributed by atoms with Gasteiger partial charge in [-0.3, -0.25) is 9.59 Å². The van der Waals surface area contributed by atoms with E-state index >= 15 is 0 Å². The summed E-state index contributed by atoms with van der Waals surface area (Å²) < 4.78 is 4.93. The quantitative estimate of drug-likeness (QED) is 0.732. The lowest BCUT2D eigenvalue weighted by atomic mass is 9.44. The third-order valence-corrected chi connectivity index (χ3v) is 6.32. The average molecular weight is 309 g/mol. The van der Waals surface area contributed by atoms with Gasteiger partial charge in [0.05, 0.1) is 6.61 Å². The number of carbonyl (C=O) groups is 2. The van der Waals surface area contributed by atoms with Crippen LogP contribution in [0.3, 0.4) is 0 Å². The Balaban J connectivity index is 1.81. The summed E-state index contributed by atoms with van der Waals surface area (Å²) in [7, 11) is 0. The Bertz CT molecular complexity index is 440. The summed E-state index contributed by atoms with van der Waals surface area (Å²) in [5, 5.41) is 11.2. The summed E-state index contributed by atoms with van der Waals surface area (Å²) in [5.41, 5.74) is 3.62. The summed E-state index contributed by atoms with van der Waals surface area (Å²) in [6.07, 6.45) is 6.45. The van der Waals surface area contributed by atoms with Gasteiger partial charge in [0.25, 0.3) is 0 Å². The zero-order valence-electron chi connectivity index (χ0n) is 13.3. The van der Waals surface area contributed by atoms with E-state index in [0.717, 1.165) is 19.3 Å². The minimum atomic E-state index is -1.57. The Labute approximate surface area is 131 Å². The SMILES string of the molecule is CCOC(=O)CCC(O)(C(N)=O)C12CC3CC(CC(C3)C1)C2. The molecule has 3 N–H and O–H groups in total. The summed E-state index contributed by atoms with van der Waals surface area (Å²) in [6, 6.07) is 0. The smallest absolute Gasteiger partial charge is 0.305 e. The van der Waals surface area contributed by atoms with Gasteiger partial charge in [-0.15, -0.1) is 0 Å². The lowest BCUT2D eigenvalue weighted by Gasteiger charge is -2.61. The summed E-state index contributed by atoms with van der Waals surface area (Å²) >= 11 is 0. The molecular formula is C17H27NO4. The second-order valence-corrected chi connectivity index (χ2v) is 7.73. The zero-order valence-corrected chi connectivity index (χ0v) is 13.3. The van der Waals surface area contributed by atoms with Crippen LogP contribution in [0.2, 0.25) is 0 Å². The molecule has 22 heavy (non-hydrogen) atoms. The molecule has 5 heteroatoms. The fourth-order valence-electron chi connectivity index (χ4n) is 5.78. The van der Waals surface area contributed by atoms with Crippen LogP contribution in [0.5, 0.6) is 0 Å². The van der Waals surface area contributed by atoms with E-state index in [-0.39, 0.29) is 18.8 Å². The highest BCUT2D eigenvalue weighted by molar-refractivity contribution is 5.85. The minimum absolute atomic E-state index is 0.0506. The monoisotopic (exact) mass is 309 g/mol. The number of amides is 1.